The van der Waals surface area contributed by atoms with Crippen molar-refractivity contribution in [1.29, 1.82) is 0 Å². The minimum atomic E-state index is -0.122. The van der Waals surface area contributed by atoms with Gasteiger partial charge in [0.15, 0.2) is 0 Å². The number of hydrogen-bond acceptors (Lipinski definition) is 4. The molecule has 2 rings (SSSR count). The summed E-state index contributed by atoms with van der Waals surface area (Å²) in [5.74, 6) is -0.143. The number of likely N-dealkylation sites (N-methyl/N-ethyl adjacent to an activating group) is 1. The summed E-state index contributed by atoms with van der Waals surface area (Å²) in [4.78, 5) is 24.6. The van der Waals surface area contributed by atoms with E-state index < -0.39 is 0 Å². The molecule has 2 amide bonds. The zero-order valence-electron chi connectivity index (χ0n) is 12.1. The van der Waals surface area contributed by atoms with Crippen molar-refractivity contribution in [2.45, 2.75) is 24.0 Å². The molecular weight excluding hydrogens is 310 g/mol. The summed E-state index contributed by atoms with van der Waals surface area (Å²) in [7, 11) is 0. The van der Waals surface area contributed by atoms with Gasteiger partial charge in [0.25, 0.3) is 5.91 Å². The molecule has 1 aromatic rings. The number of hydrogen-bond donors (Lipinski definition) is 3. The lowest BCUT2D eigenvalue weighted by Gasteiger charge is -2.21. The Balaban J connectivity index is 0.00000220. The van der Waals surface area contributed by atoms with E-state index in [0.717, 1.165) is 23.7 Å². The highest BCUT2D eigenvalue weighted by molar-refractivity contribution is 8.00. The highest BCUT2D eigenvalue weighted by Gasteiger charge is 2.23. The molecule has 0 saturated heterocycles. The number of carbonyl (C=O) groups excluding carboxylic acids is 2. The van der Waals surface area contributed by atoms with Crippen LogP contribution in [0.1, 0.15) is 24.2 Å². The predicted octanol–water partition coefficient (Wildman–Crippen LogP) is 1.88. The van der Waals surface area contributed by atoms with Gasteiger partial charge in [0.2, 0.25) is 5.91 Å². The highest BCUT2D eigenvalue weighted by Crippen LogP contribution is 2.35. The van der Waals surface area contributed by atoms with Crippen molar-refractivity contribution in [3.8, 4) is 0 Å². The molecule has 0 bridgehead atoms. The molecular formula is C14H20ClN3O2S. The van der Waals surface area contributed by atoms with Gasteiger partial charge in [0.1, 0.15) is 0 Å². The Hall–Kier alpha value is -1.24. The molecule has 5 nitrogen and oxygen atoms in total. The summed E-state index contributed by atoms with van der Waals surface area (Å²) < 4.78 is 0. The lowest BCUT2D eigenvalue weighted by Crippen LogP contribution is -2.32. The Labute approximate surface area is 135 Å². The number of halogens is 1. The van der Waals surface area contributed by atoms with E-state index in [1.165, 1.54) is 11.8 Å². The second-order valence-corrected chi connectivity index (χ2v) is 5.95. The minimum absolute atomic E-state index is 0. The normalized spacial score (nSPS) is 16.5. The molecule has 1 aromatic carbocycles. The molecule has 116 valence electrons. The first-order valence-corrected chi connectivity index (χ1v) is 7.60. The second kappa shape index (κ2) is 8.26. The fourth-order valence-electron chi connectivity index (χ4n) is 1.89. The molecule has 21 heavy (non-hydrogen) atoms. The first-order chi connectivity index (χ1) is 9.61. The number of carbonyl (C=O) groups is 2. The van der Waals surface area contributed by atoms with Gasteiger partial charge in [-0.05, 0) is 31.7 Å². The van der Waals surface area contributed by atoms with Crippen LogP contribution in [0.4, 0.5) is 5.69 Å². The summed E-state index contributed by atoms with van der Waals surface area (Å²) in [5, 5.41) is 8.71. The predicted molar refractivity (Wildman–Crippen MR) is 88.5 cm³/mol. The third-order valence-corrected chi connectivity index (χ3v) is 4.19. The van der Waals surface area contributed by atoms with Crippen LogP contribution >= 0.6 is 24.2 Å². The molecule has 0 aliphatic carbocycles. The van der Waals surface area contributed by atoms with E-state index in [-0.39, 0.29) is 29.5 Å². The number of benzene rings is 1. The second-order valence-electron chi connectivity index (χ2n) is 4.57. The summed E-state index contributed by atoms with van der Waals surface area (Å²) in [6.07, 6.45) is 0. The Morgan fingerprint density at radius 1 is 1.38 bits per heavy atom. The van der Waals surface area contributed by atoms with E-state index in [1.807, 2.05) is 19.9 Å². The maximum absolute atomic E-state index is 12.0. The molecule has 0 saturated carbocycles. The van der Waals surface area contributed by atoms with Crippen molar-refractivity contribution in [2.24, 2.45) is 0 Å². The zero-order chi connectivity index (χ0) is 14.5. The van der Waals surface area contributed by atoms with Crippen LogP contribution in [-0.2, 0) is 4.79 Å². The number of rotatable bonds is 5. The average Bonchev–Trinajstić information content (AvgIpc) is 2.44. The van der Waals surface area contributed by atoms with Crippen LogP contribution in [0, 0.1) is 0 Å². The number of fused-ring (bicyclic) bond motifs is 1. The fourth-order valence-corrected chi connectivity index (χ4v) is 2.82. The maximum atomic E-state index is 12.0. The Morgan fingerprint density at radius 2 is 2.14 bits per heavy atom. The number of amides is 2. The van der Waals surface area contributed by atoms with E-state index >= 15 is 0 Å². The van der Waals surface area contributed by atoms with Gasteiger partial charge in [-0.15, -0.1) is 24.2 Å². The van der Waals surface area contributed by atoms with Crippen molar-refractivity contribution in [3.63, 3.8) is 0 Å². The van der Waals surface area contributed by atoms with Gasteiger partial charge >= 0.3 is 0 Å². The Morgan fingerprint density at radius 3 is 2.86 bits per heavy atom. The number of anilines is 1. The van der Waals surface area contributed by atoms with E-state index in [9.17, 15) is 9.59 Å². The molecule has 1 atom stereocenters. The molecule has 1 unspecified atom stereocenters. The summed E-state index contributed by atoms with van der Waals surface area (Å²) >= 11 is 1.51. The lowest BCUT2D eigenvalue weighted by molar-refractivity contribution is -0.115. The van der Waals surface area contributed by atoms with E-state index in [2.05, 4.69) is 16.0 Å². The summed E-state index contributed by atoms with van der Waals surface area (Å²) in [6, 6.07) is 5.41. The monoisotopic (exact) mass is 329 g/mol. The molecule has 1 aliphatic heterocycles. The fraction of sp³-hybridized carbons (Fsp3) is 0.429. The minimum Gasteiger partial charge on any atom is -0.351 e. The van der Waals surface area contributed by atoms with Gasteiger partial charge in [-0.25, -0.2) is 0 Å². The topological polar surface area (TPSA) is 70.2 Å². The van der Waals surface area contributed by atoms with Gasteiger partial charge in [-0.2, -0.15) is 0 Å². The van der Waals surface area contributed by atoms with Crippen LogP contribution in [0.15, 0.2) is 23.1 Å². The molecule has 3 N–H and O–H groups in total. The molecule has 1 heterocycles. The molecule has 1 aliphatic rings. The number of thioether (sulfide) groups is 1. The van der Waals surface area contributed by atoms with Crippen molar-refractivity contribution in [1.82, 2.24) is 10.6 Å². The van der Waals surface area contributed by atoms with Crippen molar-refractivity contribution >= 4 is 41.7 Å². The molecule has 0 radical (unpaired) electrons. The smallest absolute Gasteiger partial charge is 0.251 e. The zero-order valence-corrected chi connectivity index (χ0v) is 13.7. The highest BCUT2D eigenvalue weighted by atomic mass is 35.5. The van der Waals surface area contributed by atoms with E-state index in [1.54, 1.807) is 12.1 Å². The summed E-state index contributed by atoms with van der Waals surface area (Å²) in [6.45, 7) is 6.10. The first kappa shape index (κ1) is 17.8. The van der Waals surface area contributed by atoms with E-state index in [4.69, 9.17) is 0 Å². The lowest BCUT2D eigenvalue weighted by atomic mass is 10.1. The maximum Gasteiger partial charge on any atom is 0.251 e. The Bertz CT molecular complexity index is 525. The molecule has 0 fully saturated rings. The van der Waals surface area contributed by atoms with Crippen LogP contribution in [0.3, 0.4) is 0 Å². The summed E-state index contributed by atoms with van der Waals surface area (Å²) in [5.41, 5.74) is 1.29. The number of nitrogens with one attached hydrogen (secondary N) is 3. The van der Waals surface area contributed by atoms with Crippen molar-refractivity contribution < 1.29 is 9.59 Å². The van der Waals surface area contributed by atoms with Gasteiger partial charge in [-0.3, -0.25) is 9.59 Å². The van der Waals surface area contributed by atoms with Gasteiger partial charge < -0.3 is 16.0 Å². The molecule has 7 heteroatoms. The van der Waals surface area contributed by atoms with E-state index in [0.29, 0.717) is 12.1 Å². The van der Waals surface area contributed by atoms with Gasteiger partial charge in [0.05, 0.1) is 10.9 Å². The van der Waals surface area contributed by atoms with Crippen LogP contribution in [-0.4, -0.2) is 36.7 Å². The standard InChI is InChI=1S/C14H19N3O2S.ClH/c1-3-15-6-7-16-14(19)10-4-5-12-11(8-10)17-13(18)9(2)20-12;/h4-5,8-9,15H,3,6-7H2,1-2H3,(H,16,19)(H,17,18);1H. The van der Waals surface area contributed by atoms with Crippen LogP contribution < -0.4 is 16.0 Å². The quantitative estimate of drug-likeness (QED) is 0.721. The Kier molecular flexibility index (Phi) is 7.01. The van der Waals surface area contributed by atoms with Crippen LogP contribution in [0.2, 0.25) is 0 Å². The third kappa shape index (κ3) is 4.62. The van der Waals surface area contributed by atoms with Crippen LogP contribution in [0.5, 0.6) is 0 Å². The van der Waals surface area contributed by atoms with Gasteiger partial charge in [-0.1, -0.05) is 6.92 Å². The van der Waals surface area contributed by atoms with Gasteiger partial charge in [0, 0.05) is 23.5 Å². The largest absolute Gasteiger partial charge is 0.351 e. The molecule has 0 spiro atoms. The SMILES string of the molecule is CCNCCNC(=O)c1ccc2c(c1)NC(=O)C(C)S2.Cl. The van der Waals surface area contributed by atoms with Crippen LogP contribution in [0.25, 0.3) is 0 Å². The third-order valence-electron chi connectivity index (χ3n) is 3.01. The first-order valence-electron chi connectivity index (χ1n) is 6.72. The van der Waals surface area contributed by atoms with Crippen molar-refractivity contribution in [2.75, 3.05) is 25.0 Å². The van der Waals surface area contributed by atoms with Crippen molar-refractivity contribution in [3.05, 3.63) is 23.8 Å². The molecule has 0 aromatic heterocycles. The average molecular weight is 330 g/mol.